The lowest BCUT2D eigenvalue weighted by Gasteiger charge is -2.11. The minimum Gasteiger partial charge on any atom is -0.0984 e. The molecule has 0 bridgehead atoms. The number of hydrogen-bond donors (Lipinski definition) is 0. The number of hydrogen-bond acceptors (Lipinski definition) is 0. The number of benzene rings is 2. The van der Waals surface area contributed by atoms with Crippen LogP contribution in [0.1, 0.15) is 23.6 Å². The lowest BCUT2D eigenvalue weighted by atomic mass is 9.93. The zero-order valence-corrected chi connectivity index (χ0v) is 10.8. The Morgan fingerprint density at radius 3 is 2.22 bits per heavy atom. The second-order valence-electron chi connectivity index (χ2n) is 4.27. The van der Waals surface area contributed by atoms with Gasteiger partial charge in [0.05, 0.1) is 0 Å². The molecule has 0 N–H and O–H groups in total. The molecule has 0 saturated carbocycles. The Hall–Kier alpha value is -2.08. The highest BCUT2D eigenvalue weighted by atomic mass is 14.1. The van der Waals surface area contributed by atoms with Gasteiger partial charge in [-0.1, -0.05) is 74.7 Å². The van der Waals surface area contributed by atoms with Crippen molar-refractivity contribution in [3.8, 4) is 11.1 Å². The fourth-order valence-corrected chi connectivity index (χ4v) is 2.17. The molecule has 90 valence electrons. The highest BCUT2D eigenvalue weighted by Crippen LogP contribution is 2.29. The van der Waals surface area contributed by atoms with Crippen LogP contribution in [0.2, 0.25) is 0 Å². The van der Waals surface area contributed by atoms with E-state index in [-0.39, 0.29) is 0 Å². The molecule has 0 aliphatic heterocycles. The topological polar surface area (TPSA) is 0 Å². The summed E-state index contributed by atoms with van der Waals surface area (Å²) >= 11 is 0. The first-order chi connectivity index (χ1) is 8.80. The van der Waals surface area contributed by atoms with Crippen LogP contribution in [0.25, 0.3) is 23.3 Å². The molecule has 0 spiro atoms. The van der Waals surface area contributed by atoms with Crippen LogP contribution in [0.5, 0.6) is 0 Å². The third kappa shape index (κ3) is 2.28. The standard InChI is InChI=1S/C18H18/c1-4-14-11-12-18(16(6-3)13-14)17-10-8-7-9-15(17)5-2/h5-13H,2-4H2,1H3. The quantitative estimate of drug-likeness (QED) is 0.682. The molecule has 2 rings (SSSR count). The Balaban J connectivity index is 2.63. The molecule has 2 aromatic rings. The third-order valence-electron chi connectivity index (χ3n) is 3.22. The van der Waals surface area contributed by atoms with E-state index in [1.165, 1.54) is 22.3 Å². The van der Waals surface area contributed by atoms with Crippen molar-refractivity contribution in [2.75, 3.05) is 0 Å². The van der Waals surface area contributed by atoms with Gasteiger partial charge < -0.3 is 0 Å². The minimum atomic E-state index is 1.05. The van der Waals surface area contributed by atoms with Crippen LogP contribution in [-0.4, -0.2) is 0 Å². The monoisotopic (exact) mass is 234 g/mol. The Labute approximate surface area is 109 Å². The van der Waals surface area contributed by atoms with Gasteiger partial charge in [-0.15, -0.1) is 0 Å². The van der Waals surface area contributed by atoms with Gasteiger partial charge in [0.2, 0.25) is 0 Å². The summed E-state index contributed by atoms with van der Waals surface area (Å²) in [5.41, 5.74) is 6.11. The molecule has 0 saturated heterocycles. The van der Waals surface area contributed by atoms with Crippen molar-refractivity contribution < 1.29 is 0 Å². The summed E-state index contributed by atoms with van der Waals surface area (Å²) in [6, 6.07) is 14.9. The molecule has 0 aliphatic carbocycles. The maximum atomic E-state index is 3.92. The van der Waals surface area contributed by atoms with E-state index in [4.69, 9.17) is 0 Å². The lowest BCUT2D eigenvalue weighted by Crippen LogP contribution is -1.89. The minimum absolute atomic E-state index is 1.05. The smallest absolute Gasteiger partial charge is 0.0105 e. The van der Waals surface area contributed by atoms with Crippen LogP contribution >= 0.6 is 0 Å². The first kappa shape index (κ1) is 12.4. The predicted molar refractivity (Wildman–Crippen MR) is 81.4 cm³/mol. The molecule has 0 aliphatic rings. The lowest BCUT2D eigenvalue weighted by molar-refractivity contribution is 1.14. The van der Waals surface area contributed by atoms with Crippen LogP contribution in [0.4, 0.5) is 0 Å². The van der Waals surface area contributed by atoms with Gasteiger partial charge in [0.1, 0.15) is 0 Å². The Kier molecular flexibility index (Phi) is 3.78. The van der Waals surface area contributed by atoms with E-state index in [1.54, 1.807) is 0 Å². The molecule has 0 heterocycles. The van der Waals surface area contributed by atoms with Gasteiger partial charge in [0.25, 0.3) is 0 Å². The molecule has 18 heavy (non-hydrogen) atoms. The maximum Gasteiger partial charge on any atom is -0.0105 e. The molecule has 0 atom stereocenters. The summed E-state index contributed by atoms with van der Waals surface area (Å²) in [4.78, 5) is 0. The average Bonchev–Trinajstić information content (AvgIpc) is 2.46. The van der Waals surface area contributed by atoms with E-state index < -0.39 is 0 Å². The van der Waals surface area contributed by atoms with Crippen molar-refractivity contribution in [3.05, 3.63) is 72.3 Å². The van der Waals surface area contributed by atoms with E-state index in [1.807, 2.05) is 18.2 Å². The molecule has 0 nitrogen and oxygen atoms in total. The molecule has 0 aromatic heterocycles. The molecular weight excluding hydrogens is 216 g/mol. The van der Waals surface area contributed by atoms with Crippen molar-refractivity contribution >= 4 is 12.2 Å². The maximum absolute atomic E-state index is 3.92. The van der Waals surface area contributed by atoms with Crippen LogP contribution < -0.4 is 0 Å². The van der Waals surface area contributed by atoms with Gasteiger partial charge in [0.15, 0.2) is 0 Å². The molecule has 0 unspecified atom stereocenters. The molecular formula is C18H18. The fraction of sp³-hybridized carbons (Fsp3) is 0.111. The second kappa shape index (κ2) is 5.50. The summed E-state index contributed by atoms with van der Waals surface area (Å²) in [5, 5.41) is 0. The molecule has 2 aromatic carbocycles. The van der Waals surface area contributed by atoms with Gasteiger partial charge in [-0.3, -0.25) is 0 Å². The van der Waals surface area contributed by atoms with Gasteiger partial charge in [-0.2, -0.15) is 0 Å². The zero-order valence-electron chi connectivity index (χ0n) is 10.8. The van der Waals surface area contributed by atoms with Crippen molar-refractivity contribution in [1.82, 2.24) is 0 Å². The van der Waals surface area contributed by atoms with Crippen molar-refractivity contribution in [2.45, 2.75) is 13.3 Å². The van der Waals surface area contributed by atoms with Crippen LogP contribution in [0.3, 0.4) is 0 Å². The van der Waals surface area contributed by atoms with Gasteiger partial charge in [0, 0.05) is 0 Å². The fourth-order valence-electron chi connectivity index (χ4n) is 2.17. The van der Waals surface area contributed by atoms with E-state index in [0.717, 1.165) is 12.0 Å². The van der Waals surface area contributed by atoms with Crippen molar-refractivity contribution in [3.63, 3.8) is 0 Å². The van der Waals surface area contributed by atoms with E-state index >= 15 is 0 Å². The second-order valence-corrected chi connectivity index (χ2v) is 4.27. The summed E-state index contributed by atoms with van der Waals surface area (Å²) < 4.78 is 0. The van der Waals surface area contributed by atoms with E-state index in [0.29, 0.717) is 0 Å². The number of rotatable bonds is 4. The SMILES string of the molecule is C=Cc1ccccc1-c1ccc(CC)cc1C=C. The van der Waals surface area contributed by atoms with Crippen LogP contribution in [-0.2, 0) is 6.42 Å². The van der Waals surface area contributed by atoms with Crippen molar-refractivity contribution in [1.29, 1.82) is 0 Å². The largest absolute Gasteiger partial charge is 0.0984 e. The van der Waals surface area contributed by atoms with Gasteiger partial charge in [-0.25, -0.2) is 0 Å². The normalized spacial score (nSPS) is 10.1. The summed E-state index contributed by atoms with van der Waals surface area (Å²) in [7, 11) is 0. The van der Waals surface area contributed by atoms with E-state index in [2.05, 4.69) is 56.5 Å². The first-order valence-corrected chi connectivity index (χ1v) is 6.27. The van der Waals surface area contributed by atoms with Gasteiger partial charge in [-0.05, 0) is 34.2 Å². The summed E-state index contributed by atoms with van der Waals surface area (Å²) in [6.45, 7) is 9.97. The number of aryl methyl sites for hydroxylation is 1. The molecule has 0 fully saturated rings. The van der Waals surface area contributed by atoms with Gasteiger partial charge >= 0.3 is 0 Å². The molecule has 0 heteroatoms. The average molecular weight is 234 g/mol. The predicted octanol–water partition coefficient (Wildman–Crippen LogP) is 5.20. The third-order valence-corrected chi connectivity index (χ3v) is 3.22. The Bertz CT molecular complexity index is 576. The van der Waals surface area contributed by atoms with E-state index in [9.17, 15) is 0 Å². The van der Waals surface area contributed by atoms with Crippen LogP contribution in [0.15, 0.2) is 55.6 Å². The summed E-state index contributed by atoms with van der Waals surface area (Å²) in [5.74, 6) is 0. The highest BCUT2D eigenvalue weighted by Gasteiger charge is 2.06. The zero-order chi connectivity index (χ0) is 13.0. The Morgan fingerprint density at radius 1 is 0.889 bits per heavy atom. The highest BCUT2D eigenvalue weighted by molar-refractivity contribution is 5.81. The molecule has 0 amide bonds. The van der Waals surface area contributed by atoms with Crippen LogP contribution in [0, 0.1) is 0 Å². The Morgan fingerprint density at radius 2 is 1.56 bits per heavy atom. The first-order valence-electron chi connectivity index (χ1n) is 6.27. The molecule has 0 radical (unpaired) electrons. The van der Waals surface area contributed by atoms with Crippen molar-refractivity contribution in [2.24, 2.45) is 0 Å². The summed E-state index contributed by atoms with van der Waals surface area (Å²) in [6.07, 6.45) is 4.87.